The van der Waals surface area contributed by atoms with E-state index in [0.29, 0.717) is 5.56 Å². The van der Waals surface area contributed by atoms with Gasteiger partial charge in [-0.2, -0.15) is 5.10 Å². The fourth-order valence-electron chi connectivity index (χ4n) is 3.04. The summed E-state index contributed by atoms with van der Waals surface area (Å²) in [5.41, 5.74) is 1.99. The highest BCUT2D eigenvalue weighted by Crippen LogP contribution is 2.33. The van der Waals surface area contributed by atoms with Gasteiger partial charge < -0.3 is 4.90 Å². The maximum atomic E-state index is 12.4. The molecule has 1 aromatic carbocycles. The minimum Gasteiger partial charge on any atom is -0.338 e. The summed E-state index contributed by atoms with van der Waals surface area (Å²) in [5, 5.41) is 6.56. The first kappa shape index (κ1) is 12.9. The third-order valence-electron chi connectivity index (χ3n) is 4.20. The first-order chi connectivity index (χ1) is 9.69. The fraction of sp³-hybridized carbons (Fsp3) is 0.375. The van der Waals surface area contributed by atoms with Gasteiger partial charge >= 0.3 is 0 Å². The average molecular weight is 269 g/mol. The molecule has 3 rings (SSSR count). The van der Waals surface area contributed by atoms with Crippen molar-refractivity contribution in [2.45, 2.75) is 25.2 Å². The van der Waals surface area contributed by atoms with E-state index in [9.17, 15) is 4.79 Å². The number of benzene rings is 1. The Labute approximate surface area is 118 Å². The second kappa shape index (κ2) is 5.12. The molecule has 0 bridgehead atoms. The number of amides is 1. The van der Waals surface area contributed by atoms with Gasteiger partial charge in [0.15, 0.2) is 0 Å². The van der Waals surface area contributed by atoms with E-state index in [1.165, 1.54) is 5.56 Å². The van der Waals surface area contributed by atoms with Crippen LogP contribution in [0.1, 0.15) is 35.7 Å². The van der Waals surface area contributed by atoms with E-state index in [4.69, 9.17) is 0 Å². The number of rotatable bonds is 2. The molecular formula is C16H19N3O. The molecule has 1 N–H and O–H groups in total. The Bertz CT molecular complexity index is 579. The molecule has 4 heteroatoms. The topological polar surface area (TPSA) is 49.0 Å². The number of aromatic nitrogens is 2. The van der Waals surface area contributed by atoms with Crippen LogP contribution >= 0.6 is 0 Å². The van der Waals surface area contributed by atoms with Crippen LogP contribution in [0.5, 0.6) is 0 Å². The zero-order valence-electron chi connectivity index (χ0n) is 11.7. The van der Waals surface area contributed by atoms with Crippen molar-refractivity contribution < 1.29 is 4.79 Å². The molecule has 0 radical (unpaired) electrons. The number of carbonyl (C=O) groups is 1. The summed E-state index contributed by atoms with van der Waals surface area (Å²) < 4.78 is 0. The molecule has 1 aliphatic heterocycles. The molecule has 1 fully saturated rings. The van der Waals surface area contributed by atoms with Crippen molar-refractivity contribution in [2.75, 3.05) is 13.1 Å². The maximum Gasteiger partial charge on any atom is 0.257 e. The smallest absolute Gasteiger partial charge is 0.257 e. The molecule has 0 saturated carbocycles. The minimum atomic E-state index is 0.0406. The third kappa shape index (κ3) is 2.33. The SMILES string of the molecule is C[C@@]1(c2ccccc2)CCCN(C(=O)c2cn[nH]c2)C1. The van der Waals surface area contributed by atoms with Crippen molar-refractivity contribution in [1.29, 1.82) is 0 Å². The highest BCUT2D eigenvalue weighted by molar-refractivity contribution is 5.93. The summed E-state index contributed by atoms with van der Waals surface area (Å²) in [6.45, 7) is 3.84. The van der Waals surface area contributed by atoms with Gasteiger partial charge in [0.05, 0.1) is 11.8 Å². The Morgan fingerprint density at radius 3 is 2.85 bits per heavy atom. The van der Waals surface area contributed by atoms with Gasteiger partial charge in [0, 0.05) is 24.7 Å². The van der Waals surface area contributed by atoms with Gasteiger partial charge in [0.1, 0.15) is 0 Å². The standard InChI is InChI=1S/C16H19N3O/c1-16(14-6-3-2-4-7-14)8-5-9-19(12-16)15(20)13-10-17-18-11-13/h2-4,6-7,10-11H,5,8-9,12H2,1H3,(H,17,18)/t16-/m1/s1. The zero-order valence-corrected chi connectivity index (χ0v) is 11.7. The number of nitrogens with zero attached hydrogens (tertiary/aromatic N) is 2. The van der Waals surface area contributed by atoms with Crippen LogP contribution in [0.15, 0.2) is 42.7 Å². The first-order valence-corrected chi connectivity index (χ1v) is 7.03. The molecule has 1 amide bonds. The molecule has 104 valence electrons. The van der Waals surface area contributed by atoms with Crippen LogP contribution in [0.3, 0.4) is 0 Å². The molecule has 0 aliphatic carbocycles. The van der Waals surface area contributed by atoms with Crippen molar-refractivity contribution >= 4 is 5.91 Å². The van der Waals surface area contributed by atoms with Crippen LogP contribution in [0.25, 0.3) is 0 Å². The Balaban J connectivity index is 1.82. The summed E-state index contributed by atoms with van der Waals surface area (Å²) >= 11 is 0. The van der Waals surface area contributed by atoms with Crippen molar-refractivity contribution in [1.82, 2.24) is 15.1 Å². The summed E-state index contributed by atoms with van der Waals surface area (Å²) in [4.78, 5) is 14.4. The van der Waals surface area contributed by atoms with Crippen molar-refractivity contribution in [3.05, 3.63) is 53.9 Å². The molecule has 0 spiro atoms. The quantitative estimate of drug-likeness (QED) is 0.911. The molecule has 1 aliphatic rings. The van der Waals surface area contributed by atoms with Gasteiger partial charge in [-0.15, -0.1) is 0 Å². The lowest BCUT2D eigenvalue weighted by atomic mass is 9.76. The maximum absolute atomic E-state index is 12.4. The largest absolute Gasteiger partial charge is 0.338 e. The lowest BCUT2D eigenvalue weighted by molar-refractivity contribution is 0.0651. The minimum absolute atomic E-state index is 0.0406. The number of H-pyrrole nitrogens is 1. The molecule has 2 aromatic rings. The van der Waals surface area contributed by atoms with Crippen molar-refractivity contribution in [3.63, 3.8) is 0 Å². The van der Waals surface area contributed by atoms with Crippen LogP contribution in [0, 0.1) is 0 Å². The van der Waals surface area contributed by atoms with E-state index >= 15 is 0 Å². The van der Waals surface area contributed by atoms with Gasteiger partial charge in [-0.05, 0) is 18.4 Å². The Morgan fingerprint density at radius 1 is 1.35 bits per heavy atom. The number of piperidine rings is 1. The summed E-state index contributed by atoms with van der Waals surface area (Å²) in [6, 6.07) is 10.5. The van der Waals surface area contributed by atoms with Crippen molar-refractivity contribution in [2.24, 2.45) is 0 Å². The number of nitrogens with one attached hydrogen (secondary N) is 1. The van der Waals surface area contributed by atoms with E-state index in [2.05, 4.69) is 41.4 Å². The normalized spacial score (nSPS) is 22.8. The number of likely N-dealkylation sites (tertiary alicyclic amines) is 1. The first-order valence-electron chi connectivity index (χ1n) is 7.03. The van der Waals surface area contributed by atoms with Crippen LogP contribution in [0.2, 0.25) is 0 Å². The molecule has 4 nitrogen and oxygen atoms in total. The Kier molecular flexibility index (Phi) is 3.30. The molecule has 2 heterocycles. The average Bonchev–Trinajstić information content (AvgIpc) is 3.02. The lowest BCUT2D eigenvalue weighted by Crippen LogP contribution is -2.47. The summed E-state index contributed by atoms with van der Waals surface area (Å²) in [5.74, 6) is 0.0700. The van der Waals surface area contributed by atoms with Crippen LogP contribution in [-0.2, 0) is 5.41 Å². The molecule has 20 heavy (non-hydrogen) atoms. The van der Waals surface area contributed by atoms with E-state index in [1.54, 1.807) is 12.4 Å². The number of hydrogen-bond donors (Lipinski definition) is 1. The van der Waals surface area contributed by atoms with E-state index in [-0.39, 0.29) is 11.3 Å². The number of hydrogen-bond acceptors (Lipinski definition) is 2. The van der Waals surface area contributed by atoms with Crippen LogP contribution in [-0.4, -0.2) is 34.1 Å². The number of aromatic amines is 1. The Hall–Kier alpha value is -2.10. The zero-order chi connectivity index (χ0) is 14.0. The fourth-order valence-corrected chi connectivity index (χ4v) is 3.04. The van der Waals surface area contributed by atoms with E-state index < -0.39 is 0 Å². The summed E-state index contributed by atoms with van der Waals surface area (Å²) in [7, 11) is 0. The van der Waals surface area contributed by atoms with Gasteiger partial charge in [-0.1, -0.05) is 37.3 Å². The van der Waals surface area contributed by atoms with E-state index in [0.717, 1.165) is 25.9 Å². The lowest BCUT2D eigenvalue weighted by Gasteiger charge is -2.40. The van der Waals surface area contributed by atoms with Gasteiger partial charge in [-0.3, -0.25) is 9.89 Å². The van der Waals surface area contributed by atoms with Crippen LogP contribution < -0.4 is 0 Å². The van der Waals surface area contributed by atoms with Crippen LogP contribution in [0.4, 0.5) is 0 Å². The molecule has 0 unspecified atom stereocenters. The molecule has 1 atom stereocenters. The second-order valence-corrected chi connectivity index (χ2v) is 5.74. The highest BCUT2D eigenvalue weighted by atomic mass is 16.2. The summed E-state index contributed by atoms with van der Waals surface area (Å²) in [6.07, 6.45) is 5.41. The molecular weight excluding hydrogens is 250 g/mol. The number of carbonyl (C=O) groups excluding carboxylic acids is 1. The Morgan fingerprint density at radius 2 is 2.15 bits per heavy atom. The highest BCUT2D eigenvalue weighted by Gasteiger charge is 2.34. The molecule has 1 saturated heterocycles. The second-order valence-electron chi connectivity index (χ2n) is 5.74. The van der Waals surface area contributed by atoms with Gasteiger partial charge in [0.25, 0.3) is 5.91 Å². The predicted octanol–water partition coefficient (Wildman–Crippen LogP) is 2.60. The van der Waals surface area contributed by atoms with E-state index in [1.807, 2.05) is 11.0 Å². The third-order valence-corrected chi connectivity index (χ3v) is 4.20. The van der Waals surface area contributed by atoms with Gasteiger partial charge in [0.2, 0.25) is 0 Å². The predicted molar refractivity (Wildman–Crippen MR) is 77.5 cm³/mol. The monoisotopic (exact) mass is 269 g/mol. The van der Waals surface area contributed by atoms with Crippen molar-refractivity contribution in [3.8, 4) is 0 Å². The van der Waals surface area contributed by atoms with Gasteiger partial charge in [-0.25, -0.2) is 0 Å². The molecule has 1 aromatic heterocycles.